The van der Waals surface area contributed by atoms with Crippen molar-refractivity contribution in [2.75, 3.05) is 6.54 Å². The van der Waals surface area contributed by atoms with E-state index in [1.54, 1.807) is 18.2 Å². The molecule has 1 aliphatic rings. The molecule has 1 heterocycles. The number of hydrogen-bond acceptors (Lipinski definition) is 3. The van der Waals surface area contributed by atoms with Gasteiger partial charge in [0.2, 0.25) is 0 Å². The van der Waals surface area contributed by atoms with E-state index in [1.165, 1.54) is 0 Å². The van der Waals surface area contributed by atoms with Crippen LogP contribution in [0.2, 0.25) is 0 Å². The van der Waals surface area contributed by atoms with Crippen molar-refractivity contribution in [3.8, 4) is 5.75 Å². The molecule has 1 aromatic carbocycles. The summed E-state index contributed by atoms with van der Waals surface area (Å²) in [7, 11) is 0. The molecule has 76 valence electrons. The third-order valence-electron chi connectivity index (χ3n) is 2.66. The molecule has 3 heteroatoms. The molecule has 0 aliphatic carbocycles. The maximum Gasteiger partial charge on any atom is 0.115 e. The number of phenols is 1. The molecule has 0 saturated carbocycles. The van der Waals surface area contributed by atoms with Gasteiger partial charge >= 0.3 is 0 Å². The Morgan fingerprint density at radius 3 is 2.93 bits per heavy atom. The number of aliphatic hydroxyl groups is 1. The number of nitrogens with one attached hydrogen (secondary N) is 1. The second-order valence-electron chi connectivity index (χ2n) is 3.74. The largest absolute Gasteiger partial charge is 0.508 e. The zero-order valence-corrected chi connectivity index (χ0v) is 7.98. The van der Waals surface area contributed by atoms with Crippen LogP contribution in [0.1, 0.15) is 24.4 Å². The molecule has 2 atom stereocenters. The van der Waals surface area contributed by atoms with Gasteiger partial charge in [0.05, 0.1) is 12.1 Å². The molecule has 3 N–H and O–H groups in total. The molecule has 1 aliphatic heterocycles. The zero-order chi connectivity index (χ0) is 9.97. The van der Waals surface area contributed by atoms with Gasteiger partial charge in [-0.3, -0.25) is 0 Å². The fraction of sp³-hybridized carbons (Fsp3) is 0.455. The first-order chi connectivity index (χ1) is 6.77. The zero-order valence-electron chi connectivity index (χ0n) is 7.98. The molecule has 0 amide bonds. The first-order valence-electron chi connectivity index (χ1n) is 4.98. The maximum absolute atomic E-state index is 9.77. The molecule has 14 heavy (non-hydrogen) atoms. The number of aromatic hydroxyl groups is 1. The van der Waals surface area contributed by atoms with Crippen molar-refractivity contribution in [2.24, 2.45) is 0 Å². The van der Waals surface area contributed by atoms with Gasteiger partial charge in [-0.2, -0.15) is 0 Å². The predicted octanol–water partition coefficient (Wildman–Crippen LogP) is 1.18. The molecule has 3 nitrogen and oxygen atoms in total. The van der Waals surface area contributed by atoms with Gasteiger partial charge in [0.1, 0.15) is 5.75 Å². The van der Waals surface area contributed by atoms with Crippen LogP contribution in [-0.4, -0.2) is 22.9 Å². The topological polar surface area (TPSA) is 52.5 Å². The summed E-state index contributed by atoms with van der Waals surface area (Å²) >= 11 is 0. The molecule has 0 radical (unpaired) electrons. The third-order valence-corrected chi connectivity index (χ3v) is 2.66. The molecule has 0 spiro atoms. The molecule has 2 rings (SSSR count). The lowest BCUT2D eigenvalue weighted by molar-refractivity contribution is 0.0964. The molecule has 0 aromatic heterocycles. The summed E-state index contributed by atoms with van der Waals surface area (Å²) < 4.78 is 0. The van der Waals surface area contributed by atoms with E-state index in [0.29, 0.717) is 0 Å². The summed E-state index contributed by atoms with van der Waals surface area (Å²) in [6.45, 7) is 0.928. The van der Waals surface area contributed by atoms with Crippen molar-refractivity contribution in [3.63, 3.8) is 0 Å². The van der Waals surface area contributed by atoms with Crippen LogP contribution in [0.15, 0.2) is 24.3 Å². The normalized spacial score (nSPS) is 27.5. The summed E-state index contributed by atoms with van der Waals surface area (Å²) in [4.78, 5) is 0. The van der Waals surface area contributed by atoms with Gasteiger partial charge in [0.25, 0.3) is 0 Å². The van der Waals surface area contributed by atoms with Gasteiger partial charge in [-0.05, 0) is 37.1 Å². The van der Waals surface area contributed by atoms with E-state index < -0.39 is 0 Å². The SMILES string of the molecule is Oc1cccc(C2NCCCC2O)c1. The summed E-state index contributed by atoms with van der Waals surface area (Å²) in [6.07, 6.45) is 1.50. The number of aliphatic hydroxyl groups excluding tert-OH is 1. The molecule has 1 fully saturated rings. The van der Waals surface area contributed by atoms with Gasteiger partial charge < -0.3 is 15.5 Å². The van der Waals surface area contributed by atoms with Crippen LogP contribution >= 0.6 is 0 Å². The molecule has 1 aromatic rings. The third kappa shape index (κ3) is 1.89. The summed E-state index contributed by atoms with van der Waals surface area (Å²) in [5.41, 5.74) is 0.956. The van der Waals surface area contributed by atoms with Crippen LogP contribution < -0.4 is 5.32 Å². The Kier molecular flexibility index (Phi) is 2.70. The average Bonchev–Trinajstić information content (AvgIpc) is 2.18. The van der Waals surface area contributed by atoms with Gasteiger partial charge in [-0.15, -0.1) is 0 Å². The first kappa shape index (κ1) is 9.49. The number of benzene rings is 1. The van der Waals surface area contributed by atoms with E-state index in [4.69, 9.17) is 0 Å². The van der Waals surface area contributed by atoms with Crippen molar-refractivity contribution in [1.29, 1.82) is 0 Å². The first-order valence-corrected chi connectivity index (χ1v) is 4.98. The van der Waals surface area contributed by atoms with Gasteiger partial charge in [-0.1, -0.05) is 12.1 Å². The summed E-state index contributed by atoms with van der Waals surface area (Å²) in [5, 5.41) is 22.3. The lowest BCUT2D eigenvalue weighted by Gasteiger charge is -2.29. The van der Waals surface area contributed by atoms with Crippen molar-refractivity contribution in [2.45, 2.75) is 25.0 Å². The minimum absolute atomic E-state index is 0.0316. The number of piperidine rings is 1. The Hall–Kier alpha value is -1.06. The average molecular weight is 193 g/mol. The van der Waals surface area contributed by atoms with E-state index in [1.807, 2.05) is 6.07 Å². The fourth-order valence-electron chi connectivity index (χ4n) is 1.93. The van der Waals surface area contributed by atoms with E-state index in [-0.39, 0.29) is 17.9 Å². The second kappa shape index (κ2) is 3.98. The van der Waals surface area contributed by atoms with Crippen molar-refractivity contribution < 1.29 is 10.2 Å². The van der Waals surface area contributed by atoms with E-state index in [2.05, 4.69) is 5.32 Å². The van der Waals surface area contributed by atoms with Gasteiger partial charge in [-0.25, -0.2) is 0 Å². The molecule has 1 saturated heterocycles. The Labute approximate surface area is 83.4 Å². The predicted molar refractivity (Wildman–Crippen MR) is 54.1 cm³/mol. The highest BCUT2D eigenvalue weighted by Gasteiger charge is 2.23. The van der Waals surface area contributed by atoms with Gasteiger partial charge in [0, 0.05) is 0 Å². The smallest absolute Gasteiger partial charge is 0.115 e. The highest BCUT2D eigenvalue weighted by atomic mass is 16.3. The van der Waals surface area contributed by atoms with Crippen LogP contribution in [0.4, 0.5) is 0 Å². The van der Waals surface area contributed by atoms with Crippen molar-refractivity contribution in [3.05, 3.63) is 29.8 Å². The standard InChI is InChI=1S/C11H15NO2/c13-9-4-1-3-8(7-9)11-10(14)5-2-6-12-11/h1,3-4,7,10-14H,2,5-6H2. The minimum atomic E-state index is -0.342. The van der Waals surface area contributed by atoms with Crippen molar-refractivity contribution >= 4 is 0 Å². The summed E-state index contributed by atoms with van der Waals surface area (Å²) in [5.74, 6) is 0.252. The summed E-state index contributed by atoms with van der Waals surface area (Å²) in [6, 6.07) is 7.03. The van der Waals surface area contributed by atoms with Crippen LogP contribution in [0.3, 0.4) is 0 Å². The molecular formula is C11H15NO2. The van der Waals surface area contributed by atoms with Crippen LogP contribution in [0, 0.1) is 0 Å². The van der Waals surface area contributed by atoms with E-state index >= 15 is 0 Å². The monoisotopic (exact) mass is 193 g/mol. The van der Waals surface area contributed by atoms with Crippen LogP contribution in [0.5, 0.6) is 5.75 Å². The Morgan fingerprint density at radius 1 is 1.36 bits per heavy atom. The fourth-order valence-corrected chi connectivity index (χ4v) is 1.93. The Morgan fingerprint density at radius 2 is 2.21 bits per heavy atom. The quantitative estimate of drug-likeness (QED) is 0.627. The highest BCUT2D eigenvalue weighted by Crippen LogP contribution is 2.25. The molecular weight excluding hydrogens is 178 g/mol. The van der Waals surface area contributed by atoms with Crippen molar-refractivity contribution in [1.82, 2.24) is 5.32 Å². The number of rotatable bonds is 1. The Balaban J connectivity index is 2.20. The lowest BCUT2D eigenvalue weighted by atomic mass is 9.95. The van der Waals surface area contributed by atoms with E-state index in [9.17, 15) is 10.2 Å². The maximum atomic E-state index is 9.77. The lowest BCUT2D eigenvalue weighted by Crippen LogP contribution is -2.37. The van der Waals surface area contributed by atoms with Crippen LogP contribution in [-0.2, 0) is 0 Å². The molecule has 2 unspecified atom stereocenters. The highest BCUT2D eigenvalue weighted by molar-refractivity contribution is 5.30. The number of hydrogen-bond donors (Lipinski definition) is 3. The minimum Gasteiger partial charge on any atom is -0.508 e. The van der Waals surface area contributed by atoms with Gasteiger partial charge in [0.15, 0.2) is 0 Å². The molecule has 0 bridgehead atoms. The van der Waals surface area contributed by atoms with Crippen LogP contribution in [0.25, 0.3) is 0 Å². The van der Waals surface area contributed by atoms with E-state index in [0.717, 1.165) is 24.9 Å². The number of phenolic OH excluding ortho intramolecular Hbond substituents is 1. The second-order valence-corrected chi connectivity index (χ2v) is 3.74. The Bertz CT molecular complexity index is 314.